The van der Waals surface area contributed by atoms with Gasteiger partial charge in [-0.15, -0.1) is 0 Å². The number of esters is 2. The lowest BCUT2D eigenvalue weighted by molar-refractivity contribution is -0.227. The predicted octanol–water partition coefficient (Wildman–Crippen LogP) is 2.10. The molecule has 0 bridgehead atoms. The smallest absolute Gasteiger partial charge is 0.335 e. The molecule has 1 atom stereocenters. The van der Waals surface area contributed by atoms with Crippen LogP contribution in [0.25, 0.3) is 0 Å². The van der Waals surface area contributed by atoms with E-state index in [2.05, 4.69) is 13.2 Å². The van der Waals surface area contributed by atoms with Gasteiger partial charge in [0.15, 0.2) is 6.61 Å². The maximum Gasteiger partial charge on any atom is 0.335 e. The van der Waals surface area contributed by atoms with E-state index in [4.69, 9.17) is 9.47 Å². The first-order valence-corrected chi connectivity index (χ1v) is 6.15. The lowest BCUT2D eigenvalue weighted by Gasteiger charge is -2.27. The zero-order chi connectivity index (χ0) is 15.1. The van der Waals surface area contributed by atoms with E-state index in [1.54, 1.807) is 0 Å². The molecule has 0 aliphatic carbocycles. The van der Waals surface area contributed by atoms with Gasteiger partial charge in [0, 0.05) is 17.6 Å². The highest BCUT2D eigenvalue weighted by atomic mass is 16.7. The van der Waals surface area contributed by atoms with Gasteiger partial charge in [0.2, 0.25) is 5.79 Å². The molecule has 5 heteroatoms. The summed E-state index contributed by atoms with van der Waals surface area (Å²) in [5.41, 5.74) is 0.380. The molecular weight excluding hydrogens is 248 g/mol. The van der Waals surface area contributed by atoms with E-state index in [0.717, 1.165) is 6.42 Å². The van der Waals surface area contributed by atoms with Gasteiger partial charge in [0.05, 0.1) is 0 Å². The standard InChI is InChI=1S/C14H22O5/c1-6-7-8-14(17,19-13(16)11(4)5)9-18-12(15)10(2)3/h17H,2,4,6-9H2,1,3,5H3. The lowest BCUT2D eigenvalue weighted by atomic mass is 10.1. The summed E-state index contributed by atoms with van der Waals surface area (Å²) in [5, 5.41) is 10.2. The second-order valence-corrected chi connectivity index (χ2v) is 4.58. The highest BCUT2D eigenvalue weighted by Gasteiger charge is 2.33. The third-order valence-electron chi connectivity index (χ3n) is 2.33. The van der Waals surface area contributed by atoms with Gasteiger partial charge < -0.3 is 14.6 Å². The van der Waals surface area contributed by atoms with Gasteiger partial charge in [-0.2, -0.15) is 0 Å². The van der Waals surface area contributed by atoms with Crippen molar-refractivity contribution >= 4 is 11.9 Å². The first-order chi connectivity index (χ1) is 8.72. The number of hydrogen-bond donors (Lipinski definition) is 1. The first kappa shape index (κ1) is 17.4. The second-order valence-electron chi connectivity index (χ2n) is 4.58. The highest BCUT2D eigenvalue weighted by molar-refractivity contribution is 5.87. The fourth-order valence-electron chi connectivity index (χ4n) is 1.17. The van der Waals surface area contributed by atoms with E-state index in [0.29, 0.717) is 6.42 Å². The molecule has 0 amide bonds. The van der Waals surface area contributed by atoms with Crippen LogP contribution in [-0.2, 0) is 19.1 Å². The van der Waals surface area contributed by atoms with Crippen LogP contribution in [0.15, 0.2) is 24.3 Å². The fraction of sp³-hybridized carbons (Fsp3) is 0.571. The predicted molar refractivity (Wildman–Crippen MR) is 71.2 cm³/mol. The minimum absolute atomic E-state index is 0.168. The zero-order valence-electron chi connectivity index (χ0n) is 11.8. The minimum atomic E-state index is -1.82. The minimum Gasteiger partial charge on any atom is -0.455 e. The van der Waals surface area contributed by atoms with Gasteiger partial charge in [-0.25, -0.2) is 9.59 Å². The number of rotatable bonds is 8. The molecule has 0 fully saturated rings. The molecule has 0 aliphatic rings. The number of aliphatic hydroxyl groups is 1. The molecule has 1 N–H and O–H groups in total. The highest BCUT2D eigenvalue weighted by Crippen LogP contribution is 2.19. The summed E-state index contributed by atoms with van der Waals surface area (Å²) in [5.74, 6) is -3.18. The third kappa shape index (κ3) is 6.76. The fourth-order valence-corrected chi connectivity index (χ4v) is 1.17. The molecular formula is C14H22O5. The maximum atomic E-state index is 11.5. The number of hydrogen-bond acceptors (Lipinski definition) is 5. The van der Waals surface area contributed by atoms with Crippen molar-refractivity contribution in [1.29, 1.82) is 0 Å². The molecule has 0 aliphatic heterocycles. The molecule has 0 saturated carbocycles. The van der Waals surface area contributed by atoms with Crippen LogP contribution in [0.5, 0.6) is 0 Å². The number of carbonyl (C=O) groups is 2. The average Bonchev–Trinajstić information content (AvgIpc) is 2.33. The molecule has 0 heterocycles. The maximum absolute atomic E-state index is 11.5. The van der Waals surface area contributed by atoms with E-state index in [1.165, 1.54) is 13.8 Å². The van der Waals surface area contributed by atoms with Crippen molar-refractivity contribution in [3.8, 4) is 0 Å². The summed E-state index contributed by atoms with van der Waals surface area (Å²) in [6.07, 6.45) is 1.62. The molecule has 19 heavy (non-hydrogen) atoms. The zero-order valence-corrected chi connectivity index (χ0v) is 11.8. The Labute approximate surface area is 113 Å². The number of ether oxygens (including phenoxy) is 2. The van der Waals surface area contributed by atoms with Crippen LogP contribution in [0, 0.1) is 0 Å². The second kappa shape index (κ2) is 7.74. The van der Waals surface area contributed by atoms with E-state index in [-0.39, 0.29) is 17.6 Å². The summed E-state index contributed by atoms with van der Waals surface area (Å²) in [6, 6.07) is 0. The largest absolute Gasteiger partial charge is 0.455 e. The van der Waals surface area contributed by atoms with Crippen LogP contribution in [0.1, 0.15) is 40.0 Å². The van der Waals surface area contributed by atoms with Gasteiger partial charge in [-0.1, -0.05) is 26.5 Å². The van der Waals surface area contributed by atoms with Crippen molar-refractivity contribution in [3.63, 3.8) is 0 Å². The summed E-state index contributed by atoms with van der Waals surface area (Å²) in [7, 11) is 0. The van der Waals surface area contributed by atoms with Crippen molar-refractivity contribution in [3.05, 3.63) is 24.3 Å². The van der Waals surface area contributed by atoms with Crippen molar-refractivity contribution in [2.24, 2.45) is 0 Å². The SMILES string of the molecule is C=C(C)C(=O)OCC(O)(CCCC)OC(=O)C(=C)C. The Morgan fingerprint density at radius 2 is 1.68 bits per heavy atom. The molecule has 0 radical (unpaired) electrons. The van der Waals surface area contributed by atoms with Gasteiger partial charge in [-0.05, 0) is 20.3 Å². The van der Waals surface area contributed by atoms with E-state index in [9.17, 15) is 14.7 Å². The van der Waals surface area contributed by atoms with E-state index in [1.807, 2.05) is 6.92 Å². The van der Waals surface area contributed by atoms with Gasteiger partial charge in [-0.3, -0.25) is 0 Å². The Morgan fingerprint density at radius 1 is 1.16 bits per heavy atom. The van der Waals surface area contributed by atoms with Crippen LogP contribution >= 0.6 is 0 Å². The molecule has 1 unspecified atom stereocenters. The molecule has 0 aromatic rings. The van der Waals surface area contributed by atoms with Crippen LogP contribution < -0.4 is 0 Å². The van der Waals surface area contributed by atoms with Crippen LogP contribution in [-0.4, -0.2) is 29.4 Å². The first-order valence-electron chi connectivity index (χ1n) is 6.15. The average molecular weight is 270 g/mol. The molecule has 0 spiro atoms. The molecule has 0 aromatic heterocycles. The summed E-state index contributed by atoms with van der Waals surface area (Å²) < 4.78 is 9.79. The quantitative estimate of drug-likeness (QED) is 0.415. The summed E-state index contributed by atoms with van der Waals surface area (Å²) in [4.78, 5) is 22.8. The molecule has 108 valence electrons. The molecule has 5 nitrogen and oxygen atoms in total. The Morgan fingerprint density at radius 3 is 2.11 bits per heavy atom. The third-order valence-corrected chi connectivity index (χ3v) is 2.33. The van der Waals surface area contributed by atoms with E-state index < -0.39 is 24.3 Å². The van der Waals surface area contributed by atoms with Crippen LogP contribution in [0.3, 0.4) is 0 Å². The van der Waals surface area contributed by atoms with Crippen molar-refractivity contribution < 1.29 is 24.2 Å². The summed E-state index contributed by atoms with van der Waals surface area (Å²) in [6.45, 7) is 11.3. The summed E-state index contributed by atoms with van der Waals surface area (Å²) >= 11 is 0. The van der Waals surface area contributed by atoms with Crippen molar-refractivity contribution in [2.75, 3.05) is 6.61 Å². The number of carbonyl (C=O) groups excluding carboxylic acids is 2. The van der Waals surface area contributed by atoms with Crippen LogP contribution in [0.4, 0.5) is 0 Å². The monoisotopic (exact) mass is 270 g/mol. The van der Waals surface area contributed by atoms with Gasteiger partial charge in [0.25, 0.3) is 0 Å². The van der Waals surface area contributed by atoms with E-state index >= 15 is 0 Å². The Hall–Kier alpha value is -1.62. The molecule has 0 aromatic carbocycles. The van der Waals surface area contributed by atoms with Crippen LogP contribution in [0.2, 0.25) is 0 Å². The van der Waals surface area contributed by atoms with Gasteiger partial charge >= 0.3 is 11.9 Å². The number of unbranched alkanes of at least 4 members (excludes halogenated alkanes) is 1. The van der Waals surface area contributed by atoms with Crippen molar-refractivity contribution in [1.82, 2.24) is 0 Å². The Kier molecular flexibility index (Phi) is 7.08. The van der Waals surface area contributed by atoms with Gasteiger partial charge in [0.1, 0.15) is 0 Å². The lowest BCUT2D eigenvalue weighted by Crippen LogP contribution is -2.40. The molecule has 0 rings (SSSR count). The Bertz CT molecular complexity index is 372. The Balaban J connectivity index is 4.67. The topological polar surface area (TPSA) is 72.8 Å². The normalized spacial score (nSPS) is 13.3. The molecule has 0 saturated heterocycles. The van der Waals surface area contributed by atoms with Crippen molar-refractivity contribution in [2.45, 2.75) is 45.8 Å².